The van der Waals surface area contributed by atoms with Gasteiger partial charge in [-0.05, 0) is 42.7 Å². The Morgan fingerprint density at radius 2 is 2.00 bits per heavy atom. The summed E-state index contributed by atoms with van der Waals surface area (Å²) >= 11 is 1.84. The highest BCUT2D eigenvalue weighted by molar-refractivity contribution is 7.98. The molecule has 1 N–H and O–H groups in total. The van der Waals surface area contributed by atoms with Gasteiger partial charge in [-0.1, -0.05) is 12.1 Å². The normalized spacial score (nSPS) is 26.5. The van der Waals surface area contributed by atoms with Crippen molar-refractivity contribution >= 4 is 17.7 Å². The first-order valence-electron chi connectivity index (χ1n) is 8.73. The van der Waals surface area contributed by atoms with Crippen molar-refractivity contribution in [1.29, 1.82) is 5.26 Å². The lowest BCUT2D eigenvalue weighted by molar-refractivity contribution is -0.148. The molecule has 2 heterocycles. The average molecular weight is 359 g/mol. The molecule has 6 heteroatoms. The molecule has 25 heavy (non-hydrogen) atoms. The van der Waals surface area contributed by atoms with Crippen LogP contribution >= 0.6 is 11.8 Å². The number of carboxylic acid groups (broad SMARTS) is 1. The smallest absolute Gasteiger partial charge is 0.312 e. The number of benzene rings is 1. The Balaban J connectivity index is 1.63. The molecular weight excluding hydrogens is 334 g/mol. The van der Waals surface area contributed by atoms with Crippen LogP contribution in [-0.4, -0.2) is 65.6 Å². The maximum atomic E-state index is 12.1. The molecule has 1 aromatic carbocycles. The fourth-order valence-corrected chi connectivity index (χ4v) is 4.66. The second-order valence-corrected chi connectivity index (χ2v) is 8.20. The monoisotopic (exact) mass is 359 g/mol. The number of carbonyl (C=O) groups is 1. The van der Waals surface area contributed by atoms with Gasteiger partial charge in [0.1, 0.15) is 0 Å². The molecule has 0 spiro atoms. The molecule has 0 amide bonds. The first-order chi connectivity index (χ1) is 12.1. The number of nitrogens with zero attached hydrogens (tertiary/aromatic N) is 3. The van der Waals surface area contributed by atoms with E-state index in [1.165, 1.54) is 0 Å². The second kappa shape index (κ2) is 7.77. The van der Waals surface area contributed by atoms with Crippen LogP contribution in [0.3, 0.4) is 0 Å². The third-order valence-corrected chi connectivity index (χ3v) is 6.19. The van der Waals surface area contributed by atoms with E-state index in [1.807, 2.05) is 36.0 Å². The van der Waals surface area contributed by atoms with Crippen LogP contribution in [0.2, 0.25) is 0 Å². The SMILES string of the molecule is CSCCCN1C[C@H]2CN(Cc3ccc(C#N)cc3)C[C@@]2(C(=O)O)C1. The fraction of sp³-hybridized carbons (Fsp3) is 0.579. The summed E-state index contributed by atoms with van der Waals surface area (Å²) in [5.41, 5.74) is 1.17. The van der Waals surface area contributed by atoms with Gasteiger partial charge < -0.3 is 10.0 Å². The first-order valence-corrected chi connectivity index (χ1v) is 10.1. The van der Waals surface area contributed by atoms with Crippen molar-refractivity contribution in [2.75, 3.05) is 44.7 Å². The molecule has 2 atom stereocenters. The largest absolute Gasteiger partial charge is 0.481 e. The van der Waals surface area contributed by atoms with Crippen molar-refractivity contribution < 1.29 is 9.90 Å². The highest BCUT2D eigenvalue weighted by atomic mass is 32.2. The Bertz CT molecular complexity index is 658. The summed E-state index contributed by atoms with van der Waals surface area (Å²) < 4.78 is 0. The Morgan fingerprint density at radius 3 is 2.60 bits per heavy atom. The molecule has 134 valence electrons. The third-order valence-electron chi connectivity index (χ3n) is 5.49. The number of aliphatic carboxylic acids is 1. The molecule has 2 aliphatic rings. The van der Waals surface area contributed by atoms with Crippen molar-refractivity contribution in [3.8, 4) is 6.07 Å². The fourth-order valence-electron chi connectivity index (χ4n) is 4.24. The standard InChI is InChI=1S/C19H25N3O2S/c1-25-8-2-7-21-11-17-12-22(14-19(17,13-21)18(23)24)10-16-5-3-15(9-20)4-6-16/h3-6,17H,2,7-8,10-14H2,1H3,(H,23,24)/t17-,19-/m0/s1. The van der Waals surface area contributed by atoms with Crippen LogP contribution in [0.4, 0.5) is 0 Å². The lowest BCUT2D eigenvalue weighted by Crippen LogP contribution is -2.41. The van der Waals surface area contributed by atoms with Crippen LogP contribution in [0, 0.1) is 22.7 Å². The van der Waals surface area contributed by atoms with E-state index in [2.05, 4.69) is 22.1 Å². The van der Waals surface area contributed by atoms with Gasteiger partial charge in [-0.15, -0.1) is 0 Å². The number of carboxylic acids is 1. The maximum Gasteiger partial charge on any atom is 0.312 e. The van der Waals surface area contributed by atoms with Gasteiger partial charge in [0.2, 0.25) is 0 Å². The summed E-state index contributed by atoms with van der Waals surface area (Å²) in [4.78, 5) is 16.7. The van der Waals surface area contributed by atoms with Gasteiger partial charge in [-0.2, -0.15) is 17.0 Å². The Kier molecular flexibility index (Phi) is 5.67. The van der Waals surface area contributed by atoms with Crippen LogP contribution in [0.5, 0.6) is 0 Å². The van der Waals surface area contributed by atoms with Crippen LogP contribution < -0.4 is 0 Å². The zero-order chi connectivity index (χ0) is 17.9. The van der Waals surface area contributed by atoms with Crippen molar-refractivity contribution in [3.63, 3.8) is 0 Å². The minimum Gasteiger partial charge on any atom is -0.481 e. The number of fused-ring (bicyclic) bond motifs is 1. The first kappa shape index (κ1) is 18.2. The molecule has 0 unspecified atom stereocenters. The molecule has 0 aliphatic carbocycles. The summed E-state index contributed by atoms with van der Waals surface area (Å²) in [6, 6.07) is 9.71. The van der Waals surface area contributed by atoms with E-state index in [0.717, 1.165) is 43.9 Å². The van der Waals surface area contributed by atoms with E-state index < -0.39 is 11.4 Å². The second-order valence-electron chi connectivity index (χ2n) is 7.22. The molecule has 5 nitrogen and oxygen atoms in total. The molecule has 3 rings (SSSR count). The summed E-state index contributed by atoms with van der Waals surface area (Å²) in [7, 11) is 0. The number of likely N-dealkylation sites (tertiary alicyclic amines) is 2. The van der Waals surface area contributed by atoms with E-state index in [0.29, 0.717) is 18.7 Å². The number of thioether (sulfide) groups is 1. The van der Waals surface area contributed by atoms with Gasteiger partial charge in [0.05, 0.1) is 17.0 Å². The molecule has 0 aromatic heterocycles. The summed E-state index contributed by atoms with van der Waals surface area (Å²) in [6.07, 6.45) is 3.23. The van der Waals surface area contributed by atoms with E-state index in [9.17, 15) is 9.90 Å². The van der Waals surface area contributed by atoms with Crippen LogP contribution in [0.1, 0.15) is 17.5 Å². The lowest BCUT2D eigenvalue weighted by Gasteiger charge is -2.25. The van der Waals surface area contributed by atoms with E-state index in [1.54, 1.807) is 0 Å². The van der Waals surface area contributed by atoms with Gasteiger partial charge in [0, 0.05) is 38.6 Å². The summed E-state index contributed by atoms with van der Waals surface area (Å²) in [5, 5.41) is 18.8. The van der Waals surface area contributed by atoms with Gasteiger partial charge >= 0.3 is 5.97 Å². The molecule has 2 fully saturated rings. The summed E-state index contributed by atoms with van der Waals surface area (Å²) in [6.45, 7) is 4.78. The quantitative estimate of drug-likeness (QED) is 0.752. The van der Waals surface area contributed by atoms with Crippen LogP contribution in [0.25, 0.3) is 0 Å². The average Bonchev–Trinajstić information content (AvgIpc) is 3.10. The minimum absolute atomic E-state index is 0.206. The van der Waals surface area contributed by atoms with Crippen LogP contribution in [0.15, 0.2) is 24.3 Å². The van der Waals surface area contributed by atoms with E-state index in [-0.39, 0.29) is 5.92 Å². The van der Waals surface area contributed by atoms with Gasteiger partial charge in [0.15, 0.2) is 0 Å². The number of nitriles is 1. The van der Waals surface area contributed by atoms with Gasteiger partial charge in [-0.3, -0.25) is 9.69 Å². The number of rotatable bonds is 7. The number of hydrogen-bond acceptors (Lipinski definition) is 5. The molecule has 2 aliphatic heterocycles. The predicted molar refractivity (Wildman–Crippen MR) is 99.4 cm³/mol. The highest BCUT2D eigenvalue weighted by Gasteiger charge is 2.57. The molecule has 0 bridgehead atoms. The third kappa shape index (κ3) is 3.84. The van der Waals surface area contributed by atoms with Gasteiger partial charge in [0.25, 0.3) is 0 Å². The Labute approximate surface area is 153 Å². The maximum absolute atomic E-state index is 12.1. The molecule has 1 aromatic rings. The van der Waals surface area contributed by atoms with E-state index in [4.69, 9.17) is 5.26 Å². The molecular formula is C19H25N3O2S. The molecule has 0 radical (unpaired) electrons. The van der Waals surface area contributed by atoms with Crippen molar-refractivity contribution in [3.05, 3.63) is 35.4 Å². The highest BCUT2D eigenvalue weighted by Crippen LogP contribution is 2.43. The molecule has 0 saturated carbocycles. The van der Waals surface area contributed by atoms with Crippen LogP contribution in [-0.2, 0) is 11.3 Å². The number of hydrogen-bond donors (Lipinski definition) is 1. The summed E-state index contributed by atoms with van der Waals surface area (Å²) in [5.74, 6) is 0.691. The predicted octanol–water partition coefficient (Wildman–Crippen LogP) is 2.13. The van der Waals surface area contributed by atoms with Crippen molar-refractivity contribution in [1.82, 2.24) is 9.80 Å². The van der Waals surface area contributed by atoms with Crippen molar-refractivity contribution in [2.45, 2.75) is 13.0 Å². The van der Waals surface area contributed by atoms with Gasteiger partial charge in [-0.25, -0.2) is 0 Å². The minimum atomic E-state index is -0.646. The van der Waals surface area contributed by atoms with E-state index >= 15 is 0 Å². The topological polar surface area (TPSA) is 67.6 Å². The Morgan fingerprint density at radius 1 is 1.32 bits per heavy atom. The zero-order valence-corrected chi connectivity index (χ0v) is 15.5. The molecule has 2 saturated heterocycles. The zero-order valence-electron chi connectivity index (χ0n) is 14.6. The Hall–Kier alpha value is -1.55. The lowest BCUT2D eigenvalue weighted by atomic mass is 9.81. The van der Waals surface area contributed by atoms with Crippen molar-refractivity contribution in [2.24, 2.45) is 11.3 Å².